The normalized spacial score (nSPS) is 18.1. The predicted molar refractivity (Wildman–Crippen MR) is 47.8 cm³/mol. The number of hydrogen-bond acceptors (Lipinski definition) is 7. The quantitative estimate of drug-likeness (QED) is 0.355. The zero-order chi connectivity index (χ0) is 12.2. The first kappa shape index (κ1) is 12.4. The molecule has 1 unspecified atom stereocenters. The van der Waals surface area contributed by atoms with Gasteiger partial charge in [-0.3, -0.25) is 9.59 Å². The molecule has 1 saturated carbocycles. The molecule has 16 heavy (non-hydrogen) atoms. The van der Waals surface area contributed by atoms with Gasteiger partial charge in [0, 0.05) is 0 Å². The Morgan fingerprint density at radius 2 is 2.12 bits per heavy atom. The van der Waals surface area contributed by atoms with E-state index in [4.69, 9.17) is 5.11 Å². The summed E-state index contributed by atoms with van der Waals surface area (Å²) in [5.74, 6) is -1.76. The first-order valence-electron chi connectivity index (χ1n) is 4.58. The molecule has 1 fully saturated rings. The van der Waals surface area contributed by atoms with Crippen LogP contribution in [0, 0.1) is 5.41 Å². The first-order valence-corrected chi connectivity index (χ1v) is 4.58. The summed E-state index contributed by atoms with van der Waals surface area (Å²) in [6.45, 7) is -0.381. The number of hydrogen-bond donors (Lipinski definition) is 1. The van der Waals surface area contributed by atoms with E-state index in [2.05, 4.69) is 14.2 Å². The van der Waals surface area contributed by atoms with E-state index >= 15 is 0 Å². The molecule has 1 aliphatic carbocycles. The smallest absolute Gasteiger partial charge is 0.389 e. The lowest BCUT2D eigenvalue weighted by Gasteiger charge is -2.16. The fourth-order valence-corrected chi connectivity index (χ4v) is 1.08. The average Bonchev–Trinajstić information content (AvgIpc) is 3.08. The van der Waals surface area contributed by atoms with Gasteiger partial charge in [-0.1, -0.05) is 0 Å². The molecule has 0 aliphatic heterocycles. The van der Waals surface area contributed by atoms with E-state index in [9.17, 15) is 14.4 Å². The van der Waals surface area contributed by atoms with E-state index < -0.39 is 23.6 Å². The lowest BCUT2D eigenvalue weighted by molar-refractivity contribution is -0.200. The van der Waals surface area contributed by atoms with Crippen LogP contribution in [0.25, 0.3) is 0 Å². The number of carbonyl (C=O) groups is 3. The second-order valence-electron chi connectivity index (χ2n) is 3.43. The van der Waals surface area contributed by atoms with Crippen LogP contribution in [0.3, 0.4) is 0 Å². The van der Waals surface area contributed by atoms with Gasteiger partial charge in [-0.05, 0) is 12.8 Å². The molecule has 7 heteroatoms. The van der Waals surface area contributed by atoms with Gasteiger partial charge in [-0.25, -0.2) is 4.79 Å². The second kappa shape index (κ2) is 4.93. The van der Waals surface area contributed by atoms with Crippen molar-refractivity contribution in [3.05, 3.63) is 0 Å². The highest BCUT2D eigenvalue weighted by Gasteiger charge is 2.52. The van der Waals surface area contributed by atoms with Crippen molar-refractivity contribution in [2.24, 2.45) is 5.41 Å². The van der Waals surface area contributed by atoms with Gasteiger partial charge in [0.25, 0.3) is 6.47 Å². The molecular formula is C9H12O7. The summed E-state index contributed by atoms with van der Waals surface area (Å²) in [6, 6.07) is 0. The minimum Gasteiger partial charge on any atom is -0.463 e. The molecule has 1 rings (SSSR count). The van der Waals surface area contributed by atoms with Crippen LogP contribution in [-0.4, -0.2) is 43.5 Å². The molecule has 7 nitrogen and oxygen atoms in total. The van der Waals surface area contributed by atoms with Gasteiger partial charge in [-0.15, -0.1) is 0 Å². The summed E-state index contributed by atoms with van der Waals surface area (Å²) in [5.41, 5.74) is -0.946. The van der Waals surface area contributed by atoms with Crippen LogP contribution in [0.1, 0.15) is 12.8 Å². The summed E-state index contributed by atoms with van der Waals surface area (Å²) in [4.78, 5) is 32.6. The van der Waals surface area contributed by atoms with Crippen LogP contribution in [0.15, 0.2) is 0 Å². The zero-order valence-electron chi connectivity index (χ0n) is 8.67. The molecule has 1 aliphatic rings. The number of aliphatic hydroxyl groups excluding tert-OH is 1. The van der Waals surface area contributed by atoms with Gasteiger partial charge in [-0.2, -0.15) is 0 Å². The molecule has 1 N–H and O–H groups in total. The van der Waals surface area contributed by atoms with Crippen molar-refractivity contribution >= 4 is 18.4 Å². The first-order chi connectivity index (χ1) is 7.59. The molecule has 0 heterocycles. The molecule has 0 aromatic carbocycles. The van der Waals surface area contributed by atoms with Crippen LogP contribution in [-0.2, 0) is 28.6 Å². The summed E-state index contributed by atoms with van der Waals surface area (Å²) in [5, 5.41) is 8.94. The highest BCUT2D eigenvalue weighted by molar-refractivity contribution is 5.84. The Morgan fingerprint density at radius 1 is 1.50 bits per heavy atom. The van der Waals surface area contributed by atoms with E-state index in [-0.39, 0.29) is 13.1 Å². The molecule has 0 spiro atoms. The maximum atomic E-state index is 11.5. The SMILES string of the molecule is COC(=O)C(OC=O)OC(=O)C1(CO)CC1. The summed E-state index contributed by atoms with van der Waals surface area (Å²) in [7, 11) is 1.07. The van der Waals surface area contributed by atoms with Crippen LogP contribution in [0.2, 0.25) is 0 Å². The zero-order valence-corrected chi connectivity index (χ0v) is 8.67. The van der Waals surface area contributed by atoms with Gasteiger partial charge < -0.3 is 19.3 Å². The van der Waals surface area contributed by atoms with Crippen molar-refractivity contribution in [1.82, 2.24) is 0 Å². The monoisotopic (exact) mass is 232 g/mol. The minimum absolute atomic E-state index is 0.0205. The molecule has 0 saturated heterocycles. The van der Waals surface area contributed by atoms with E-state index in [0.29, 0.717) is 12.8 Å². The number of ether oxygens (including phenoxy) is 3. The molecule has 0 radical (unpaired) electrons. The number of rotatable bonds is 6. The fourth-order valence-electron chi connectivity index (χ4n) is 1.08. The van der Waals surface area contributed by atoms with E-state index in [0.717, 1.165) is 7.11 Å². The summed E-state index contributed by atoms with van der Waals surface area (Å²) >= 11 is 0. The van der Waals surface area contributed by atoms with E-state index in [1.165, 1.54) is 0 Å². The van der Waals surface area contributed by atoms with Gasteiger partial charge in [0.2, 0.25) is 0 Å². The highest BCUT2D eigenvalue weighted by atomic mass is 16.7. The van der Waals surface area contributed by atoms with Crippen molar-refractivity contribution in [3.63, 3.8) is 0 Å². The maximum absolute atomic E-state index is 11.5. The van der Waals surface area contributed by atoms with Gasteiger partial charge in [0.1, 0.15) is 0 Å². The Bertz CT molecular complexity index is 294. The Hall–Kier alpha value is -1.63. The third kappa shape index (κ3) is 2.48. The van der Waals surface area contributed by atoms with Crippen LogP contribution in [0.5, 0.6) is 0 Å². The largest absolute Gasteiger partial charge is 0.463 e. The van der Waals surface area contributed by atoms with Crippen LogP contribution >= 0.6 is 0 Å². The lowest BCUT2D eigenvalue weighted by Crippen LogP contribution is -2.35. The third-order valence-electron chi connectivity index (χ3n) is 2.38. The second-order valence-corrected chi connectivity index (χ2v) is 3.43. The summed E-state index contributed by atoms with van der Waals surface area (Å²) < 4.78 is 13.2. The fraction of sp³-hybridized carbons (Fsp3) is 0.667. The standard InChI is InChI=1S/C9H12O7/c1-14-6(12)7(15-5-11)16-8(13)9(4-10)2-3-9/h5,7,10H,2-4H2,1H3. The predicted octanol–water partition coefficient (Wildman–Crippen LogP) is -1.03. The molecule has 0 amide bonds. The Labute approximate surface area is 91.3 Å². The molecular weight excluding hydrogens is 220 g/mol. The summed E-state index contributed by atoms with van der Waals surface area (Å²) in [6.07, 6.45) is -0.742. The molecule has 0 aromatic rings. The number of methoxy groups -OCH3 is 1. The highest BCUT2D eigenvalue weighted by Crippen LogP contribution is 2.46. The van der Waals surface area contributed by atoms with Crippen LogP contribution in [0.4, 0.5) is 0 Å². The number of esters is 2. The van der Waals surface area contributed by atoms with Crippen molar-refractivity contribution in [1.29, 1.82) is 0 Å². The molecule has 0 aromatic heterocycles. The Morgan fingerprint density at radius 3 is 2.50 bits per heavy atom. The van der Waals surface area contributed by atoms with Crippen molar-refractivity contribution in [2.75, 3.05) is 13.7 Å². The lowest BCUT2D eigenvalue weighted by atomic mass is 10.1. The number of aliphatic hydroxyl groups is 1. The topological polar surface area (TPSA) is 99.1 Å². The van der Waals surface area contributed by atoms with Gasteiger partial charge in [0.15, 0.2) is 0 Å². The Kier molecular flexibility index (Phi) is 3.83. The third-order valence-corrected chi connectivity index (χ3v) is 2.38. The molecule has 0 bridgehead atoms. The maximum Gasteiger partial charge on any atom is 0.389 e. The molecule has 90 valence electrons. The van der Waals surface area contributed by atoms with E-state index in [1.807, 2.05) is 0 Å². The minimum atomic E-state index is -1.71. The van der Waals surface area contributed by atoms with Crippen LogP contribution < -0.4 is 0 Å². The molecule has 1 atom stereocenters. The van der Waals surface area contributed by atoms with Crippen molar-refractivity contribution < 1.29 is 33.7 Å². The number of carbonyl (C=O) groups excluding carboxylic acids is 3. The average molecular weight is 232 g/mol. The van der Waals surface area contributed by atoms with Gasteiger partial charge >= 0.3 is 18.2 Å². The van der Waals surface area contributed by atoms with E-state index in [1.54, 1.807) is 0 Å². The van der Waals surface area contributed by atoms with Crippen molar-refractivity contribution in [3.8, 4) is 0 Å². The van der Waals surface area contributed by atoms with Gasteiger partial charge in [0.05, 0.1) is 19.1 Å². The Balaban J connectivity index is 2.58. The van der Waals surface area contributed by atoms with Crippen molar-refractivity contribution in [2.45, 2.75) is 19.1 Å².